The van der Waals surface area contributed by atoms with Crippen molar-refractivity contribution in [2.75, 3.05) is 13.1 Å². The van der Waals surface area contributed by atoms with Crippen molar-refractivity contribution in [1.29, 1.82) is 0 Å². The predicted octanol–water partition coefficient (Wildman–Crippen LogP) is 2.28. The molecule has 0 aromatic rings. The Kier molecular flexibility index (Phi) is 3.38. The van der Waals surface area contributed by atoms with Gasteiger partial charge in [-0.05, 0) is 37.3 Å². The van der Waals surface area contributed by atoms with Crippen molar-refractivity contribution in [3.05, 3.63) is 0 Å². The molecule has 2 atom stereocenters. The number of hydrogen-bond donors (Lipinski definition) is 1. The standard InChI is InChI=1S/C10H21N/c1-4-9-6-11-7-10(9)5-8(2)3/h8-11H,4-7H2,1-3H3. The van der Waals surface area contributed by atoms with Crippen molar-refractivity contribution in [3.8, 4) is 0 Å². The van der Waals surface area contributed by atoms with Gasteiger partial charge in [-0.15, -0.1) is 0 Å². The fraction of sp³-hybridized carbons (Fsp3) is 1.00. The van der Waals surface area contributed by atoms with Crippen molar-refractivity contribution in [2.45, 2.75) is 33.6 Å². The quantitative estimate of drug-likeness (QED) is 0.659. The summed E-state index contributed by atoms with van der Waals surface area (Å²) in [6.07, 6.45) is 2.76. The maximum Gasteiger partial charge on any atom is -0.00172 e. The summed E-state index contributed by atoms with van der Waals surface area (Å²) in [5.41, 5.74) is 0. The van der Waals surface area contributed by atoms with E-state index in [0.717, 1.165) is 17.8 Å². The van der Waals surface area contributed by atoms with Gasteiger partial charge < -0.3 is 5.32 Å². The molecule has 1 nitrogen and oxygen atoms in total. The first-order valence-electron chi connectivity index (χ1n) is 4.94. The van der Waals surface area contributed by atoms with Crippen LogP contribution < -0.4 is 5.32 Å². The molecule has 11 heavy (non-hydrogen) atoms. The minimum absolute atomic E-state index is 0.869. The molecular weight excluding hydrogens is 134 g/mol. The molecule has 66 valence electrons. The Balaban J connectivity index is 2.31. The van der Waals surface area contributed by atoms with Crippen molar-refractivity contribution in [2.24, 2.45) is 17.8 Å². The van der Waals surface area contributed by atoms with Gasteiger partial charge >= 0.3 is 0 Å². The number of nitrogens with one attached hydrogen (secondary N) is 1. The second kappa shape index (κ2) is 4.10. The molecule has 1 heterocycles. The van der Waals surface area contributed by atoms with Crippen LogP contribution in [0.5, 0.6) is 0 Å². The lowest BCUT2D eigenvalue weighted by Crippen LogP contribution is -2.13. The monoisotopic (exact) mass is 155 g/mol. The molecule has 1 heteroatoms. The van der Waals surface area contributed by atoms with Crippen molar-refractivity contribution in [1.82, 2.24) is 5.32 Å². The van der Waals surface area contributed by atoms with Gasteiger partial charge in [0.25, 0.3) is 0 Å². The highest BCUT2D eigenvalue weighted by Gasteiger charge is 2.25. The van der Waals surface area contributed by atoms with Gasteiger partial charge in [0.2, 0.25) is 0 Å². The molecule has 0 radical (unpaired) electrons. The van der Waals surface area contributed by atoms with Crippen molar-refractivity contribution in [3.63, 3.8) is 0 Å². The van der Waals surface area contributed by atoms with Gasteiger partial charge in [-0.25, -0.2) is 0 Å². The lowest BCUT2D eigenvalue weighted by molar-refractivity contribution is 0.340. The Bertz CT molecular complexity index is 109. The smallest absolute Gasteiger partial charge is 0.00172 e. The first-order valence-corrected chi connectivity index (χ1v) is 4.94. The van der Waals surface area contributed by atoms with Crippen LogP contribution in [-0.2, 0) is 0 Å². The van der Waals surface area contributed by atoms with E-state index in [0.29, 0.717) is 0 Å². The molecule has 1 aliphatic heterocycles. The minimum Gasteiger partial charge on any atom is -0.316 e. The fourth-order valence-corrected chi connectivity index (χ4v) is 2.15. The average molecular weight is 155 g/mol. The first kappa shape index (κ1) is 9.05. The van der Waals surface area contributed by atoms with Crippen LogP contribution in [0.25, 0.3) is 0 Å². The molecule has 1 saturated heterocycles. The molecule has 1 N–H and O–H groups in total. The van der Waals surface area contributed by atoms with Crippen LogP contribution in [-0.4, -0.2) is 13.1 Å². The molecule has 1 fully saturated rings. The summed E-state index contributed by atoms with van der Waals surface area (Å²) in [6, 6.07) is 0. The Morgan fingerprint density at radius 1 is 1.27 bits per heavy atom. The third kappa shape index (κ3) is 2.48. The highest BCUT2D eigenvalue weighted by atomic mass is 14.9. The zero-order chi connectivity index (χ0) is 8.27. The Labute approximate surface area is 70.6 Å². The van der Waals surface area contributed by atoms with E-state index in [4.69, 9.17) is 0 Å². The van der Waals surface area contributed by atoms with E-state index in [-0.39, 0.29) is 0 Å². The third-order valence-corrected chi connectivity index (χ3v) is 2.78. The summed E-state index contributed by atoms with van der Waals surface area (Å²) in [5.74, 6) is 2.78. The highest BCUT2D eigenvalue weighted by Crippen LogP contribution is 2.25. The molecule has 0 saturated carbocycles. The van der Waals surface area contributed by atoms with Crippen LogP contribution in [0.1, 0.15) is 33.6 Å². The van der Waals surface area contributed by atoms with Gasteiger partial charge in [0, 0.05) is 0 Å². The summed E-state index contributed by atoms with van der Waals surface area (Å²) in [7, 11) is 0. The molecule has 0 amide bonds. The van der Waals surface area contributed by atoms with E-state index < -0.39 is 0 Å². The van der Waals surface area contributed by atoms with Gasteiger partial charge in [-0.1, -0.05) is 27.2 Å². The van der Waals surface area contributed by atoms with Crippen LogP contribution in [0, 0.1) is 17.8 Å². The molecule has 0 spiro atoms. The van der Waals surface area contributed by atoms with Gasteiger partial charge in [-0.3, -0.25) is 0 Å². The minimum atomic E-state index is 0.869. The van der Waals surface area contributed by atoms with E-state index in [1.807, 2.05) is 0 Å². The van der Waals surface area contributed by atoms with Gasteiger partial charge in [0.05, 0.1) is 0 Å². The molecule has 0 bridgehead atoms. The fourth-order valence-electron chi connectivity index (χ4n) is 2.15. The maximum atomic E-state index is 3.48. The summed E-state index contributed by atoms with van der Waals surface area (Å²) in [6.45, 7) is 9.48. The van der Waals surface area contributed by atoms with Gasteiger partial charge in [-0.2, -0.15) is 0 Å². The van der Waals surface area contributed by atoms with E-state index in [1.54, 1.807) is 0 Å². The second-order valence-electron chi connectivity index (χ2n) is 4.22. The Hall–Kier alpha value is -0.0400. The number of rotatable bonds is 3. The zero-order valence-electron chi connectivity index (χ0n) is 8.06. The average Bonchev–Trinajstić information content (AvgIpc) is 2.34. The van der Waals surface area contributed by atoms with Crippen molar-refractivity contribution >= 4 is 0 Å². The largest absolute Gasteiger partial charge is 0.316 e. The summed E-state index contributed by atoms with van der Waals surface area (Å²) < 4.78 is 0. The molecule has 0 aromatic carbocycles. The van der Waals surface area contributed by atoms with Crippen LogP contribution in [0.15, 0.2) is 0 Å². The summed E-state index contributed by atoms with van der Waals surface area (Å²) >= 11 is 0. The van der Waals surface area contributed by atoms with E-state index in [9.17, 15) is 0 Å². The van der Waals surface area contributed by atoms with Crippen LogP contribution in [0.4, 0.5) is 0 Å². The van der Waals surface area contributed by atoms with Gasteiger partial charge in [0.1, 0.15) is 0 Å². The Morgan fingerprint density at radius 3 is 2.45 bits per heavy atom. The predicted molar refractivity (Wildman–Crippen MR) is 49.6 cm³/mol. The van der Waals surface area contributed by atoms with Crippen LogP contribution >= 0.6 is 0 Å². The SMILES string of the molecule is CCC1CNCC1CC(C)C. The van der Waals surface area contributed by atoms with E-state index >= 15 is 0 Å². The summed E-state index contributed by atoms with van der Waals surface area (Å²) in [5, 5.41) is 3.48. The van der Waals surface area contributed by atoms with Crippen LogP contribution in [0.2, 0.25) is 0 Å². The molecule has 0 aliphatic carbocycles. The molecule has 2 unspecified atom stereocenters. The maximum absolute atomic E-state index is 3.48. The van der Waals surface area contributed by atoms with E-state index in [2.05, 4.69) is 26.1 Å². The first-order chi connectivity index (χ1) is 5.24. The third-order valence-electron chi connectivity index (χ3n) is 2.78. The normalized spacial score (nSPS) is 31.6. The lowest BCUT2D eigenvalue weighted by atomic mass is 9.87. The molecular formula is C10H21N. The van der Waals surface area contributed by atoms with E-state index in [1.165, 1.54) is 25.9 Å². The van der Waals surface area contributed by atoms with Crippen LogP contribution in [0.3, 0.4) is 0 Å². The molecule has 1 aliphatic rings. The lowest BCUT2D eigenvalue weighted by Gasteiger charge is -2.18. The second-order valence-corrected chi connectivity index (χ2v) is 4.22. The topological polar surface area (TPSA) is 12.0 Å². The molecule has 0 aromatic heterocycles. The molecule has 1 rings (SSSR count). The Morgan fingerprint density at radius 2 is 1.91 bits per heavy atom. The highest BCUT2D eigenvalue weighted by molar-refractivity contribution is 4.80. The van der Waals surface area contributed by atoms with Gasteiger partial charge in [0.15, 0.2) is 0 Å². The number of hydrogen-bond acceptors (Lipinski definition) is 1. The zero-order valence-corrected chi connectivity index (χ0v) is 8.06. The summed E-state index contributed by atoms with van der Waals surface area (Å²) in [4.78, 5) is 0. The van der Waals surface area contributed by atoms with Crippen molar-refractivity contribution < 1.29 is 0 Å².